The zero-order valence-electron chi connectivity index (χ0n) is 9.44. The lowest BCUT2D eigenvalue weighted by molar-refractivity contribution is -0.122. The van der Waals surface area contributed by atoms with Crippen LogP contribution in [0.1, 0.15) is 37.8 Å². The molecule has 2 rings (SSSR count). The van der Waals surface area contributed by atoms with E-state index in [-0.39, 0.29) is 17.9 Å². The van der Waals surface area contributed by atoms with Gasteiger partial charge in [-0.05, 0) is 37.5 Å². The van der Waals surface area contributed by atoms with E-state index < -0.39 is 0 Å². The third-order valence-corrected chi connectivity index (χ3v) is 3.04. The lowest BCUT2D eigenvalue weighted by Crippen LogP contribution is -2.28. The lowest BCUT2D eigenvalue weighted by Gasteiger charge is -2.23. The molecule has 1 fully saturated rings. The summed E-state index contributed by atoms with van der Waals surface area (Å²) < 4.78 is 0. The molecule has 1 aliphatic rings. The average molecular weight is 219 g/mol. The van der Waals surface area contributed by atoms with Crippen molar-refractivity contribution >= 4 is 11.7 Å². The van der Waals surface area contributed by atoms with E-state index in [1.165, 1.54) is 0 Å². The number of nitrogens with two attached hydrogens (primary N) is 1. The molecule has 0 spiro atoms. The molecule has 1 atom stereocenters. The van der Waals surface area contributed by atoms with Gasteiger partial charge in [0.1, 0.15) is 5.82 Å². The Balaban J connectivity index is 2.03. The van der Waals surface area contributed by atoms with Crippen LogP contribution >= 0.6 is 0 Å². The zero-order chi connectivity index (χ0) is 11.5. The number of carbonyl (C=O) groups is 1. The van der Waals surface area contributed by atoms with E-state index in [4.69, 9.17) is 5.73 Å². The van der Waals surface area contributed by atoms with Gasteiger partial charge in [-0.2, -0.15) is 0 Å². The Morgan fingerprint density at radius 3 is 2.94 bits per heavy atom. The highest BCUT2D eigenvalue weighted by molar-refractivity contribution is 5.92. The smallest absolute Gasteiger partial charge is 0.228 e. The topological polar surface area (TPSA) is 68.0 Å². The van der Waals surface area contributed by atoms with Gasteiger partial charge in [-0.15, -0.1) is 0 Å². The summed E-state index contributed by atoms with van der Waals surface area (Å²) in [6.45, 7) is 1.91. The summed E-state index contributed by atoms with van der Waals surface area (Å²) in [5.74, 6) is 0.869. The van der Waals surface area contributed by atoms with Gasteiger partial charge in [0.25, 0.3) is 0 Å². The van der Waals surface area contributed by atoms with Crippen molar-refractivity contribution in [1.29, 1.82) is 0 Å². The van der Waals surface area contributed by atoms with Gasteiger partial charge in [0.05, 0.1) is 0 Å². The molecule has 16 heavy (non-hydrogen) atoms. The van der Waals surface area contributed by atoms with Gasteiger partial charge in [0.15, 0.2) is 0 Å². The predicted octanol–water partition coefficient (Wildman–Crippen LogP) is 1.84. The first-order valence-corrected chi connectivity index (χ1v) is 5.69. The highest BCUT2D eigenvalue weighted by Gasteiger charge is 2.25. The molecule has 1 aromatic rings. The molecule has 0 aliphatic heterocycles. The number of anilines is 1. The van der Waals surface area contributed by atoms with Gasteiger partial charge in [0.2, 0.25) is 5.91 Å². The number of aromatic nitrogens is 1. The van der Waals surface area contributed by atoms with Gasteiger partial charge >= 0.3 is 0 Å². The second kappa shape index (κ2) is 4.61. The second-order valence-corrected chi connectivity index (χ2v) is 4.38. The van der Waals surface area contributed by atoms with E-state index in [0.717, 1.165) is 24.8 Å². The Morgan fingerprint density at radius 1 is 1.62 bits per heavy atom. The highest BCUT2D eigenvalue weighted by Crippen LogP contribution is 2.27. The van der Waals surface area contributed by atoms with Crippen LogP contribution in [0.4, 0.5) is 5.82 Å². The van der Waals surface area contributed by atoms with Crippen molar-refractivity contribution in [2.45, 2.75) is 32.2 Å². The summed E-state index contributed by atoms with van der Waals surface area (Å²) in [5, 5.41) is 2.83. The maximum atomic E-state index is 11.7. The molecular formula is C12H17N3O. The van der Waals surface area contributed by atoms with Gasteiger partial charge < -0.3 is 11.1 Å². The lowest BCUT2D eigenvalue weighted by atomic mass is 9.85. The number of pyridine rings is 1. The first-order valence-electron chi connectivity index (χ1n) is 5.69. The molecule has 4 heteroatoms. The van der Waals surface area contributed by atoms with Crippen LogP contribution in [-0.4, -0.2) is 10.9 Å². The van der Waals surface area contributed by atoms with Crippen LogP contribution in [0.2, 0.25) is 0 Å². The third-order valence-electron chi connectivity index (χ3n) is 3.04. The Morgan fingerprint density at radius 2 is 2.38 bits per heavy atom. The third kappa shape index (κ3) is 2.39. The zero-order valence-corrected chi connectivity index (χ0v) is 9.44. The predicted molar refractivity (Wildman–Crippen MR) is 62.8 cm³/mol. The SMILES string of the molecule is CC(N)c1ccnc(NC(=O)C2CCC2)c1. The molecular weight excluding hydrogens is 202 g/mol. The van der Waals surface area contributed by atoms with Gasteiger partial charge in [0, 0.05) is 18.2 Å². The number of hydrogen-bond acceptors (Lipinski definition) is 3. The Hall–Kier alpha value is -1.42. The molecule has 1 aromatic heterocycles. The number of amides is 1. The van der Waals surface area contributed by atoms with Crippen molar-refractivity contribution in [1.82, 2.24) is 4.98 Å². The molecule has 1 heterocycles. The van der Waals surface area contributed by atoms with Crippen LogP contribution in [0.15, 0.2) is 18.3 Å². The summed E-state index contributed by atoms with van der Waals surface area (Å²) in [5.41, 5.74) is 6.76. The number of carbonyl (C=O) groups excluding carboxylic acids is 1. The summed E-state index contributed by atoms with van der Waals surface area (Å²) >= 11 is 0. The summed E-state index contributed by atoms with van der Waals surface area (Å²) in [4.78, 5) is 15.8. The summed E-state index contributed by atoms with van der Waals surface area (Å²) in [6, 6.07) is 3.66. The van der Waals surface area contributed by atoms with E-state index in [2.05, 4.69) is 10.3 Å². The standard InChI is InChI=1S/C12H17N3O/c1-8(13)10-5-6-14-11(7-10)15-12(16)9-3-2-4-9/h5-9H,2-4,13H2,1H3,(H,14,15,16). The molecule has 0 radical (unpaired) electrons. The van der Waals surface area contributed by atoms with Crippen molar-refractivity contribution in [2.24, 2.45) is 11.7 Å². The van der Waals surface area contributed by atoms with Crippen molar-refractivity contribution < 1.29 is 4.79 Å². The molecule has 1 unspecified atom stereocenters. The first kappa shape index (κ1) is 11.1. The van der Waals surface area contributed by atoms with Crippen LogP contribution in [0.25, 0.3) is 0 Å². The molecule has 1 amide bonds. The summed E-state index contributed by atoms with van der Waals surface area (Å²) in [6.07, 6.45) is 4.83. The largest absolute Gasteiger partial charge is 0.324 e. The fourth-order valence-corrected chi connectivity index (χ4v) is 1.70. The number of nitrogens with zero attached hydrogens (tertiary/aromatic N) is 1. The van der Waals surface area contributed by atoms with E-state index in [1.807, 2.05) is 19.1 Å². The Labute approximate surface area is 95.3 Å². The minimum absolute atomic E-state index is 0.0395. The molecule has 1 saturated carbocycles. The molecule has 4 nitrogen and oxygen atoms in total. The molecule has 3 N–H and O–H groups in total. The van der Waals surface area contributed by atoms with Crippen molar-refractivity contribution in [3.8, 4) is 0 Å². The molecule has 0 aromatic carbocycles. The van der Waals surface area contributed by atoms with E-state index in [1.54, 1.807) is 6.20 Å². The number of nitrogens with one attached hydrogen (secondary N) is 1. The molecule has 0 bridgehead atoms. The Bertz CT molecular complexity index is 386. The minimum Gasteiger partial charge on any atom is -0.324 e. The minimum atomic E-state index is -0.0395. The normalized spacial score (nSPS) is 17.6. The maximum absolute atomic E-state index is 11.7. The first-order chi connectivity index (χ1) is 7.66. The Kier molecular flexibility index (Phi) is 3.19. The second-order valence-electron chi connectivity index (χ2n) is 4.38. The molecule has 1 aliphatic carbocycles. The van der Waals surface area contributed by atoms with Gasteiger partial charge in [-0.25, -0.2) is 4.98 Å². The van der Waals surface area contributed by atoms with Crippen molar-refractivity contribution in [2.75, 3.05) is 5.32 Å². The van der Waals surface area contributed by atoms with Crippen LogP contribution in [0.5, 0.6) is 0 Å². The number of rotatable bonds is 3. The maximum Gasteiger partial charge on any atom is 0.228 e. The van der Waals surface area contributed by atoms with Gasteiger partial charge in [-0.3, -0.25) is 4.79 Å². The average Bonchev–Trinajstić information content (AvgIpc) is 2.15. The monoisotopic (exact) mass is 219 g/mol. The van der Waals surface area contributed by atoms with E-state index in [0.29, 0.717) is 5.82 Å². The number of hydrogen-bond donors (Lipinski definition) is 2. The summed E-state index contributed by atoms with van der Waals surface area (Å²) in [7, 11) is 0. The van der Waals surface area contributed by atoms with Crippen molar-refractivity contribution in [3.63, 3.8) is 0 Å². The molecule has 86 valence electrons. The van der Waals surface area contributed by atoms with Crippen LogP contribution in [0, 0.1) is 5.92 Å². The highest BCUT2D eigenvalue weighted by atomic mass is 16.2. The van der Waals surface area contributed by atoms with Crippen LogP contribution in [-0.2, 0) is 4.79 Å². The van der Waals surface area contributed by atoms with Crippen molar-refractivity contribution in [3.05, 3.63) is 23.9 Å². The fraction of sp³-hybridized carbons (Fsp3) is 0.500. The van der Waals surface area contributed by atoms with Crippen LogP contribution < -0.4 is 11.1 Å². The van der Waals surface area contributed by atoms with E-state index in [9.17, 15) is 4.79 Å². The quantitative estimate of drug-likeness (QED) is 0.815. The molecule has 0 saturated heterocycles. The van der Waals surface area contributed by atoms with Gasteiger partial charge in [-0.1, -0.05) is 6.42 Å². The van der Waals surface area contributed by atoms with E-state index >= 15 is 0 Å². The van der Waals surface area contributed by atoms with Crippen LogP contribution in [0.3, 0.4) is 0 Å². The fourth-order valence-electron chi connectivity index (χ4n) is 1.70.